The minimum absolute atomic E-state index is 0.0347. The first-order valence-corrected chi connectivity index (χ1v) is 10.5. The van der Waals surface area contributed by atoms with Crippen molar-refractivity contribution in [2.24, 2.45) is 0 Å². The molecule has 1 heterocycles. The number of sulfonamides is 1. The van der Waals surface area contributed by atoms with E-state index >= 15 is 0 Å². The zero-order valence-electron chi connectivity index (χ0n) is 15.8. The van der Waals surface area contributed by atoms with Crippen LogP contribution in [0.15, 0.2) is 47.4 Å². The molecule has 0 saturated carbocycles. The summed E-state index contributed by atoms with van der Waals surface area (Å²) in [6, 6.07) is 11.7. The second-order valence-electron chi connectivity index (χ2n) is 6.98. The Labute approximate surface area is 160 Å². The average Bonchev–Trinajstić information content (AvgIpc) is 2.64. The van der Waals surface area contributed by atoms with Gasteiger partial charge in [-0.15, -0.1) is 0 Å². The molecule has 6 nitrogen and oxygen atoms in total. The topological polar surface area (TPSA) is 78.5 Å². The molecule has 0 unspecified atom stereocenters. The van der Waals surface area contributed by atoms with Crippen LogP contribution in [0.2, 0.25) is 0 Å². The van der Waals surface area contributed by atoms with Gasteiger partial charge in [-0.2, -0.15) is 0 Å². The van der Waals surface area contributed by atoms with Crippen LogP contribution in [-0.4, -0.2) is 44.9 Å². The fourth-order valence-corrected chi connectivity index (χ4v) is 4.23. The van der Waals surface area contributed by atoms with Crippen LogP contribution in [0.5, 0.6) is 0 Å². The van der Waals surface area contributed by atoms with Crippen LogP contribution in [0.4, 0.5) is 5.69 Å². The third kappa shape index (κ3) is 4.31. The van der Waals surface area contributed by atoms with Crippen molar-refractivity contribution < 1.29 is 13.2 Å². The van der Waals surface area contributed by atoms with E-state index in [4.69, 9.17) is 0 Å². The number of aryl methyl sites for hydroxylation is 2. The maximum atomic E-state index is 12.7. The van der Waals surface area contributed by atoms with Gasteiger partial charge in [0.2, 0.25) is 0 Å². The maximum absolute atomic E-state index is 12.7. The molecule has 1 amide bonds. The number of hydrogen-bond acceptors (Lipinski definition) is 4. The molecule has 144 valence electrons. The second-order valence-corrected chi connectivity index (χ2v) is 8.66. The van der Waals surface area contributed by atoms with Gasteiger partial charge in [-0.05, 0) is 68.3 Å². The van der Waals surface area contributed by atoms with Crippen molar-refractivity contribution in [3.8, 4) is 0 Å². The lowest BCUT2D eigenvalue weighted by molar-refractivity contribution is 0.0656. The van der Waals surface area contributed by atoms with E-state index in [0.717, 1.165) is 24.2 Å². The lowest BCUT2D eigenvalue weighted by Crippen LogP contribution is -2.52. The minimum atomic E-state index is -3.67. The number of hydrogen-bond donors (Lipinski definition) is 2. The summed E-state index contributed by atoms with van der Waals surface area (Å²) in [6.07, 6.45) is 0. The molecule has 1 saturated heterocycles. The molecule has 1 aliphatic rings. The Morgan fingerprint density at radius 2 is 1.81 bits per heavy atom. The Morgan fingerprint density at radius 1 is 1.11 bits per heavy atom. The quantitative estimate of drug-likeness (QED) is 0.845. The molecular formula is C20H25N3O3S. The van der Waals surface area contributed by atoms with E-state index in [0.29, 0.717) is 17.8 Å². The second kappa shape index (κ2) is 7.70. The molecule has 7 heteroatoms. The highest BCUT2D eigenvalue weighted by molar-refractivity contribution is 7.92. The average molecular weight is 388 g/mol. The van der Waals surface area contributed by atoms with Gasteiger partial charge in [-0.25, -0.2) is 8.42 Å². The molecule has 0 aromatic heterocycles. The number of piperazine rings is 1. The summed E-state index contributed by atoms with van der Waals surface area (Å²) in [4.78, 5) is 14.7. The Hall–Kier alpha value is -2.38. The summed E-state index contributed by atoms with van der Waals surface area (Å²) in [5, 5.41) is 3.26. The van der Waals surface area contributed by atoms with E-state index in [2.05, 4.69) is 10.0 Å². The van der Waals surface area contributed by atoms with Crippen molar-refractivity contribution in [1.82, 2.24) is 10.2 Å². The maximum Gasteiger partial charge on any atom is 0.261 e. The minimum Gasteiger partial charge on any atom is -0.333 e. The van der Waals surface area contributed by atoms with Crippen molar-refractivity contribution in [1.29, 1.82) is 0 Å². The standard InChI is InChI=1S/C20H25N3O3S/c1-14-4-9-19(12-15(14)2)27(25,26)22-18-7-5-17(6-8-18)20(24)23-11-10-21-13-16(23)3/h4-9,12,16,21-22H,10-11,13H2,1-3H3/t16-/m1/s1. The first-order valence-electron chi connectivity index (χ1n) is 9.00. The Balaban J connectivity index is 1.75. The van der Waals surface area contributed by atoms with Gasteiger partial charge >= 0.3 is 0 Å². The van der Waals surface area contributed by atoms with Crippen molar-refractivity contribution in [3.05, 3.63) is 59.2 Å². The zero-order chi connectivity index (χ0) is 19.6. The van der Waals surface area contributed by atoms with Gasteiger partial charge in [0.15, 0.2) is 0 Å². The summed E-state index contributed by atoms with van der Waals surface area (Å²) >= 11 is 0. The molecule has 0 bridgehead atoms. The van der Waals surface area contributed by atoms with E-state index in [9.17, 15) is 13.2 Å². The van der Waals surface area contributed by atoms with Crippen LogP contribution in [-0.2, 0) is 10.0 Å². The molecular weight excluding hydrogens is 362 g/mol. The zero-order valence-corrected chi connectivity index (χ0v) is 16.6. The third-order valence-electron chi connectivity index (χ3n) is 4.93. The molecule has 0 radical (unpaired) electrons. The third-order valence-corrected chi connectivity index (χ3v) is 6.31. The highest BCUT2D eigenvalue weighted by Gasteiger charge is 2.24. The molecule has 3 rings (SSSR count). The molecule has 2 N–H and O–H groups in total. The SMILES string of the molecule is Cc1ccc(S(=O)(=O)Nc2ccc(C(=O)N3CCNC[C@H]3C)cc2)cc1C. The van der Waals surface area contributed by atoms with Gasteiger partial charge in [0, 0.05) is 36.9 Å². The van der Waals surface area contributed by atoms with E-state index in [1.165, 1.54) is 0 Å². The van der Waals surface area contributed by atoms with Crippen LogP contribution < -0.4 is 10.0 Å². The van der Waals surface area contributed by atoms with Gasteiger partial charge < -0.3 is 10.2 Å². The normalized spacial score (nSPS) is 17.6. The van der Waals surface area contributed by atoms with E-state index in [-0.39, 0.29) is 16.8 Å². The summed E-state index contributed by atoms with van der Waals surface area (Å²) in [7, 11) is -3.67. The van der Waals surface area contributed by atoms with E-state index in [1.807, 2.05) is 25.7 Å². The van der Waals surface area contributed by atoms with Gasteiger partial charge in [0.05, 0.1) is 4.90 Å². The first-order chi connectivity index (χ1) is 12.8. The Morgan fingerprint density at radius 3 is 2.44 bits per heavy atom. The lowest BCUT2D eigenvalue weighted by Gasteiger charge is -2.34. The van der Waals surface area contributed by atoms with Crippen LogP contribution >= 0.6 is 0 Å². The van der Waals surface area contributed by atoms with Gasteiger partial charge in [0.1, 0.15) is 0 Å². The highest BCUT2D eigenvalue weighted by atomic mass is 32.2. The smallest absolute Gasteiger partial charge is 0.261 e. The number of carbonyl (C=O) groups excluding carboxylic acids is 1. The van der Waals surface area contributed by atoms with Crippen molar-refractivity contribution in [3.63, 3.8) is 0 Å². The summed E-state index contributed by atoms with van der Waals surface area (Å²) in [6.45, 7) is 8.06. The van der Waals surface area contributed by atoms with E-state index in [1.54, 1.807) is 42.5 Å². The number of amides is 1. The fourth-order valence-electron chi connectivity index (χ4n) is 3.08. The number of anilines is 1. The Kier molecular flexibility index (Phi) is 5.53. The molecule has 1 aliphatic heterocycles. The van der Waals surface area contributed by atoms with Crippen molar-refractivity contribution in [2.75, 3.05) is 24.4 Å². The molecule has 27 heavy (non-hydrogen) atoms. The van der Waals surface area contributed by atoms with Gasteiger partial charge in [-0.3, -0.25) is 9.52 Å². The van der Waals surface area contributed by atoms with Crippen LogP contribution in [0.25, 0.3) is 0 Å². The predicted octanol–water partition coefficient (Wildman–Crippen LogP) is 2.54. The number of benzene rings is 2. The van der Waals surface area contributed by atoms with Gasteiger partial charge in [-0.1, -0.05) is 6.07 Å². The lowest BCUT2D eigenvalue weighted by atomic mass is 10.1. The number of nitrogens with zero attached hydrogens (tertiary/aromatic N) is 1. The molecule has 2 aromatic rings. The molecule has 0 aliphatic carbocycles. The number of rotatable bonds is 4. The first kappa shape index (κ1) is 19.4. The number of nitrogens with one attached hydrogen (secondary N) is 2. The summed E-state index contributed by atoms with van der Waals surface area (Å²) in [5.74, 6) is -0.0347. The van der Waals surface area contributed by atoms with Crippen LogP contribution in [0.1, 0.15) is 28.4 Å². The van der Waals surface area contributed by atoms with Crippen LogP contribution in [0.3, 0.4) is 0 Å². The molecule has 0 spiro atoms. The molecule has 1 fully saturated rings. The van der Waals surface area contributed by atoms with Gasteiger partial charge in [0.25, 0.3) is 15.9 Å². The van der Waals surface area contributed by atoms with Crippen molar-refractivity contribution in [2.45, 2.75) is 31.7 Å². The Bertz CT molecular complexity index is 939. The monoisotopic (exact) mass is 387 g/mol. The van der Waals surface area contributed by atoms with Crippen molar-refractivity contribution >= 4 is 21.6 Å². The number of carbonyl (C=O) groups is 1. The van der Waals surface area contributed by atoms with Crippen LogP contribution in [0, 0.1) is 13.8 Å². The molecule has 1 atom stereocenters. The predicted molar refractivity (Wildman–Crippen MR) is 107 cm³/mol. The molecule has 2 aromatic carbocycles. The largest absolute Gasteiger partial charge is 0.333 e. The van der Waals surface area contributed by atoms with E-state index < -0.39 is 10.0 Å². The highest BCUT2D eigenvalue weighted by Crippen LogP contribution is 2.20. The fraction of sp³-hybridized carbons (Fsp3) is 0.350. The summed E-state index contributed by atoms with van der Waals surface area (Å²) in [5.41, 5.74) is 2.94. The summed E-state index contributed by atoms with van der Waals surface area (Å²) < 4.78 is 27.7.